The van der Waals surface area contributed by atoms with Gasteiger partial charge in [-0.05, 0) is 31.0 Å². The highest BCUT2D eigenvalue weighted by Gasteiger charge is 2.17. The number of hydrogen-bond donors (Lipinski definition) is 1. The van der Waals surface area contributed by atoms with Crippen molar-refractivity contribution in [3.8, 4) is 5.75 Å². The van der Waals surface area contributed by atoms with Crippen LogP contribution in [0.1, 0.15) is 18.1 Å². The summed E-state index contributed by atoms with van der Waals surface area (Å²) in [6.45, 7) is 4.16. The third-order valence-electron chi connectivity index (χ3n) is 2.58. The maximum Gasteiger partial charge on any atom is 0.262 e. The summed E-state index contributed by atoms with van der Waals surface area (Å²) < 4.78 is 5.66. The third kappa shape index (κ3) is 3.46. The molecule has 4 heteroatoms. The van der Waals surface area contributed by atoms with E-state index in [-0.39, 0.29) is 5.91 Å². The Balaban J connectivity index is 2.83. The Labute approximate surface area is 102 Å². The molecule has 0 fully saturated rings. The molecule has 0 saturated carbocycles. The monoisotopic (exact) mass is 236 g/mol. The topological polar surface area (TPSA) is 55.6 Å². The van der Waals surface area contributed by atoms with E-state index in [1.807, 2.05) is 25.1 Å². The van der Waals surface area contributed by atoms with E-state index in [0.717, 1.165) is 16.9 Å². The van der Waals surface area contributed by atoms with Crippen molar-refractivity contribution in [3.63, 3.8) is 0 Å². The molecule has 94 valence electrons. The number of likely N-dealkylation sites (N-methyl/N-ethyl adjacent to an activating group) is 1. The molecule has 0 aliphatic rings. The van der Waals surface area contributed by atoms with Crippen molar-refractivity contribution >= 4 is 5.91 Å². The fraction of sp³-hybridized carbons (Fsp3) is 0.462. The lowest BCUT2D eigenvalue weighted by Gasteiger charge is -2.19. The van der Waals surface area contributed by atoms with Gasteiger partial charge in [-0.3, -0.25) is 4.79 Å². The summed E-state index contributed by atoms with van der Waals surface area (Å²) in [4.78, 5) is 13.2. The molecule has 4 nitrogen and oxygen atoms in total. The van der Waals surface area contributed by atoms with Crippen molar-refractivity contribution in [3.05, 3.63) is 29.3 Å². The highest BCUT2D eigenvalue weighted by molar-refractivity contribution is 5.80. The summed E-state index contributed by atoms with van der Waals surface area (Å²) in [5.74, 6) is 0.665. The quantitative estimate of drug-likeness (QED) is 0.857. The molecule has 2 N–H and O–H groups in total. The van der Waals surface area contributed by atoms with Crippen molar-refractivity contribution in [2.45, 2.75) is 26.5 Å². The first-order chi connectivity index (χ1) is 7.95. The Bertz CT molecular complexity index is 402. The Kier molecular flexibility index (Phi) is 4.52. The smallest absolute Gasteiger partial charge is 0.262 e. The van der Waals surface area contributed by atoms with Gasteiger partial charge in [0.1, 0.15) is 5.75 Å². The molecule has 0 spiro atoms. The summed E-state index contributed by atoms with van der Waals surface area (Å²) >= 11 is 0. The van der Waals surface area contributed by atoms with E-state index in [1.54, 1.807) is 21.0 Å². The number of carbonyl (C=O) groups excluding carboxylic acids is 1. The van der Waals surface area contributed by atoms with Gasteiger partial charge in [0.25, 0.3) is 5.91 Å². The van der Waals surface area contributed by atoms with Crippen LogP contribution >= 0.6 is 0 Å². The van der Waals surface area contributed by atoms with Gasteiger partial charge in [-0.1, -0.05) is 12.1 Å². The number of aryl methyl sites for hydroxylation is 1. The summed E-state index contributed by atoms with van der Waals surface area (Å²) in [5, 5.41) is 0. The summed E-state index contributed by atoms with van der Waals surface area (Å²) in [5.41, 5.74) is 7.57. The number of rotatable bonds is 4. The van der Waals surface area contributed by atoms with Gasteiger partial charge in [0.2, 0.25) is 0 Å². The average molecular weight is 236 g/mol. The Morgan fingerprint density at radius 1 is 1.47 bits per heavy atom. The van der Waals surface area contributed by atoms with Crippen LogP contribution in [-0.4, -0.2) is 31.0 Å². The summed E-state index contributed by atoms with van der Waals surface area (Å²) in [7, 11) is 3.43. The Morgan fingerprint density at radius 2 is 2.12 bits per heavy atom. The van der Waals surface area contributed by atoms with Crippen molar-refractivity contribution in [2.24, 2.45) is 5.73 Å². The van der Waals surface area contributed by atoms with Crippen LogP contribution in [0, 0.1) is 6.92 Å². The van der Waals surface area contributed by atoms with Crippen molar-refractivity contribution in [2.75, 3.05) is 14.1 Å². The lowest BCUT2D eigenvalue weighted by Crippen LogP contribution is -2.35. The molecule has 0 aliphatic heterocycles. The standard InChI is InChI=1S/C13H20N2O2/c1-9-5-6-11(8-14)7-12(9)17-10(2)13(16)15(3)4/h5-7,10H,8,14H2,1-4H3. The Hall–Kier alpha value is -1.55. The maximum atomic E-state index is 11.7. The molecule has 1 unspecified atom stereocenters. The van der Waals surface area contributed by atoms with Gasteiger partial charge in [0.05, 0.1) is 0 Å². The Morgan fingerprint density at radius 3 is 2.65 bits per heavy atom. The molecule has 0 aliphatic carbocycles. The normalized spacial score (nSPS) is 12.1. The summed E-state index contributed by atoms with van der Waals surface area (Å²) in [6.07, 6.45) is -0.489. The van der Waals surface area contributed by atoms with Crippen LogP contribution in [0.25, 0.3) is 0 Å². The highest BCUT2D eigenvalue weighted by Crippen LogP contribution is 2.21. The van der Waals surface area contributed by atoms with E-state index < -0.39 is 6.10 Å². The highest BCUT2D eigenvalue weighted by atomic mass is 16.5. The molecule has 1 amide bonds. The fourth-order valence-electron chi connectivity index (χ4n) is 1.50. The lowest BCUT2D eigenvalue weighted by molar-refractivity contribution is -0.135. The van der Waals surface area contributed by atoms with E-state index in [1.165, 1.54) is 4.90 Å². The van der Waals surface area contributed by atoms with Gasteiger partial charge in [-0.2, -0.15) is 0 Å². The van der Waals surface area contributed by atoms with E-state index in [2.05, 4.69) is 0 Å². The first kappa shape index (κ1) is 13.5. The molecular weight excluding hydrogens is 216 g/mol. The SMILES string of the molecule is Cc1ccc(CN)cc1OC(C)C(=O)N(C)C. The minimum absolute atomic E-state index is 0.0532. The number of nitrogens with two attached hydrogens (primary N) is 1. The number of nitrogens with zero attached hydrogens (tertiary/aromatic N) is 1. The number of hydrogen-bond acceptors (Lipinski definition) is 3. The van der Waals surface area contributed by atoms with Crippen LogP contribution in [0.5, 0.6) is 5.75 Å². The third-order valence-corrected chi connectivity index (χ3v) is 2.58. The second-order valence-electron chi connectivity index (χ2n) is 4.30. The minimum atomic E-state index is -0.489. The first-order valence-corrected chi connectivity index (χ1v) is 5.63. The summed E-state index contributed by atoms with van der Waals surface area (Å²) in [6, 6.07) is 5.79. The van der Waals surface area contributed by atoms with Crippen molar-refractivity contribution < 1.29 is 9.53 Å². The van der Waals surface area contributed by atoms with Gasteiger partial charge < -0.3 is 15.4 Å². The van der Waals surface area contributed by atoms with Gasteiger partial charge in [-0.15, -0.1) is 0 Å². The van der Waals surface area contributed by atoms with E-state index in [9.17, 15) is 4.79 Å². The van der Waals surface area contributed by atoms with Crippen LogP contribution < -0.4 is 10.5 Å². The predicted molar refractivity (Wildman–Crippen MR) is 67.9 cm³/mol. The van der Waals surface area contributed by atoms with Crippen LogP contribution in [0.4, 0.5) is 0 Å². The number of amides is 1. The van der Waals surface area contributed by atoms with Crippen molar-refractivity contribution in [1.82, 2.24) is 4.90 Å². The van der Waals surface area contributed by atoms with E-state index in [4.69, 9.17) is 10.5 Å². The molecule has 0 saturated heterocycles. The number of benzene rings is 1. The van der Waals surface area contributed by atoms with Crippen LogP contribution in [0.2, 0.25) is 0 Å². The van der Waals surface area contributed by atoms with Gasteiger partial charge in [0, 0.05) is 20.6 Å². The second kappa shape index (κ2) is 5.68. The predicted octanol–water partition coefficient (Wildman–Crippen LogP) is 1.31. The molecule has 17 heavy (non-hydrogen) atoms. The molecular formula is C13H20N2O2. The van der Waals surface area contributed by atoms with Crippen LogP contribution in [0.3, 0.4) is 0 Å². The molecule has 0 radical (unpaired) electrons. The molecule has 1 aromatic carbocycles. The molecule has 1 aromatic rings. The average Bonchev–Trinajstić information content (AvgIpc) is 2.30. The van der Waals surface area contributed by atoms with Crippen molar-refractivity contribution in [1.29, 1.82) is 0 Å². The lowest BCUT2D eigenvalue weighted by atomic mass is 10.1. The maximum absolute atomic E-state index is 11.7. The van der Waals surface area contributed by atoms with Crippen LogP contribution in [0.15, 0.2) is 18.2 Å². The minimum Gasteiger partial charge on any atom is -0.481 e. The molecule has 0 heterocycles. The van der Waals surface area contributed by atoms with E-state index in [0.29, 0.717) is 6.54 Å². The number of carbonyl (C=O) groups is 1. The molecule has 1 atom stereocenters. The molecule has 1 rings (SSSR count). The molecule has 0 bridgehead atoms. The first-order valence-electron chi connectivity index (χ1n) is 5.63. The van der Waals surface area contributed by atoms with E-state index >= 15 is 0 Å². The van der Waals surface area contributed by atoms with Gasteiger partial charge >= 0.3 is 0 Å². The fourth-order valence-corrected chi connectivity index (χ4v) is 1.50. The second-order valence-corrected chi connectivity index (χ2v) is 4.30. The number of ether oxygens (including phenoxy) is 1. The zero-order chi connectivity index (χ0) is 13.0. The zero-order valence-electron chi connectivity index (χ0n) is 10.9. The zero-order valence-corrected chi connectivity index (χ0v) is 10.9. The molecule has 0 aromatic heterocycles. The van der Waals surface area contributed by atoms with Gasteiger partial charge in [0.15, 0.2) is 6.10 Å². The largest absolute Gasteiger partial charge is 0.481 e. The van der Waals surface area contributed by atoms with Crippen LogP contribution in [-0.2, 0) is 11.3 Å². The van der Waals surface area contributed by atoms with Gasteiger partial charge in [-0.25, -0.2) is 0 Å².